The zero-order valence-corrected chi connectivity index (χ0v) is 16.3. The molecule has 7 heteroatoms. The Morgan fingerprint density at radius 2 is 2.00 bits per heavy atom. The Balaban J connectivity index is 0.00000288. The zero-order valence-electron chi connectivity index (χ0n) is 14.6. The highest BCUT2D eigenvalue weighted by atomic mass is 35.5. The number of halogens is 2. The van der Waals surface area contributed by atoms with Crippen molar-refractivity contribution in [3.63, 3.8) is 0 Å². The van der Waals surface area contributed by atoms with E-state index in [2.05, 4.69) is 4.98 Å². The highest BCUT2D eigenvalue weighted by Gasteiger charge is 2.16. The van der Waals surface area contributed by atoms with Gasteiger partial charge in [0.1, 0.15) is 12.4 Å². The number of amides is 1. The Morgan fingerprint density at radius 1 is 1.28 bits per heavy atom. The second-order valence-corrected chi connectivity index (χ2v) is 5.63. The third kappa shape index (κ3) is 6.53. The molecule has 0 saturated heterocycles. The van der Waals surface area contributed by atoms with Gasteiger partial charge in [0.2, 0.25) is 0 Å². The molecule has 25 heavy (non-hydrogen) atoms. The first-order valence-corrected chi connectivity index (χ1v) is 7.63. The third-order valence-corrected chi connectivity index (χ3v) is 3.79. The lowest BCUT2D eigenvalue weighted by Crippen LogP contribution is -2.39. The smallest absolute Gasteiger partial charge is 0.253 e. The van der Waals surface area contributed by atoms with E-state index in [0.717, 1.165) is 11.3 Å². The van der Waals surface area contributed by atoms with Crippen LogP contribution in [-0.4, -0.2) is 35.4 Å². The molecule has 0 spiro atoms. The van der Waals surface area contributed by atoms with Crippen LogP contribution in [0.3, 0.4) is 0 Å². The maximum atomic E-state index is 12.4. The van der Waals surface area contributed by atoms with Crippen molar-refractivity contribution in [3.8, 4) is 5.75 Å². The molecule has 0 aliphatic carbocycles. The number of rotatable bonds is 6. The number of benzene rings is 1. The number of hydrogen-bond acceptors (Lipinski definition) is 4. The van der Waals surface area contributed by atoms with Gasteiger partial charge in [0.25, 0.3) is 5.91 Å². The zero-order chi connectivity index (χ0) is 16.8. The quantitative estimate of drug-likeness (QED) is 0.828. The molecule has 1 aromatic heterocycles. The molecular formula is C18H25Cl2N3O2. The molecule has 0 aliphatic rings. The van der Waals surface area contributed by atoms with Crippen molar-refractivity contribution in [1.29, 1.82) is 0 Å². The van der Waals surface area contributed by atoms with E-state index < -0.39 is 0 Å². The first-order chi connectivity index (χ1) is 11.0. The standard InChI is InChI=1S/C18H23N3O2.2ClH/c1-13-7-8-17(11-20-13)23-12-15-5-4-6-16(9-15)18(22)21(3)14(2)10-19;;/h4-9,11,14H,10,12,19H2,1-3H3;2*1H. The molecular weight excluding hydrogens is 361 g/mol. The normalized spacial score (nSPS) is 10.9. The fourth-order valence-electron chi connectivity index (χ4n) is 2.06. The summed E-state index contributed by atoms with van der Waals surface area (Å²) in [6, 6.07) is 11.2. The summed E-state index contributed by atoms with van der Waals surface area (Å²) in [5.41, 5.74) is 8.14. The number of pyridine rings is 1. The number of carbonyl (C=O) groups excluding carboxylic acids is 1. The number of likely N-dealkylation sites (N-methyl/N-ethyl adjacent to an activating group) is 1. The van der Waals surface area contributed by atoms with E-state index in [1.807, 2.05) is 44.2 Å². The second kappa shape index (κ2) is 10.9. The van der Waals surface area contributed by atoms with Crippen molar-refractivity contribution < 1.29 is 9.53 Å². The first kappa shape index (κ1) is 23.2. The summed E-state index contributed by atoms with van der Waals surface area (Å²) in [6.45, 7) is 4.68. The summed E-state index contributed by atoms with van der Waals surface area (Å²) in [6.07, 6.45) is 1.70. The van der Waals surface area contributed by atoms with E-state index in [1.54, 1.807) is 24.2 Å². The van der Waals surface area contributed by atoms with Gasteiger partial charge < -0.3 is 15.4 Å². The van der Waals surface area contributed by atoms with Crippen molar-refractivity contribution >= 4 is 30.7 Å². The monoisotopic (exact) mass is 385 g/mol. The van der Waals surface area contributed by atoms with Crippen LogP contribution in [0.5, 0.6) is 5.75 Å². The van der Waals surface area contributed by atoms with Crippen molar-refractivity contribution in [3.05, 3.63) is 59.4 Å². The Bertz CT molecular complexity index is 666. The topological polar surface area (TPSA) is 68.5 Å². The molecule has 0 aliphatic heterocycles. The minimum atomic E-state index is -0.0400. The van der Waals surface area contributed by atoms with Crippen LogP contribution in [-0.2, 0) is 6.61 Å². The summed E-state index contributed by atoms with van der Waals surface area (Å²) in [5, 5.41) is 0. The fraction of sp³-hybridized carbons (Fsp3) is 0.333. The molecule has 2 aromatic rings. The Labute approximate surface area is 161 Å². The number of aryl methyl sites for hydroxylation is 1. The van der Waals surface area contributed by atoms with Crippen LogP contribution in [0.4, 0.5) is 0 Å². The van der Waals surface area contributed by atoms with Gasteiger partial charge >= 0.3 is 0 Å². The van der Waals surface area contributed by atoms with Gasteiger partial charge in [0.15, 0.2) is 0 Å². The number of carbonyl (C=O) groups is 1. The van der Waals surface area contributed by atoms with Crippen LogP contribution in [0, 0.1) is 6.92 Å². The molecule has 0 fully saturated rings. The van der Waals surface area contributed by atoms with Gasteiger partial charge in [0.05, 0.1) is 6.20 Å². The summed E-state index contributed by atoms with van der Waals surface area (Å²) in [5.74, 6) is 0.669. The van der Waals surface area contributed by atoms with Crippen molar-refractivity contribution in [2.24, 2.45) is 5.73 Å². The Morgan fingerprint density at radius 3 is 2.60 bits per heavy atom. The van der Waals surface area contributed by atoms with Crippen LogP contribution in [0.2, 0.25) is 0 Å². The number of ether oxygens (including phenoxy) is 1. The van der Waals surface area contributed by atoms with E-state index in [1.165, 1.54) is 0 Å². The fourth-order valence-corrected chi connectivity index (χ4v) is 2.06. The van der Waals surface area contributed by atoms with E-state index >= 15 is 0 Å². The molecule has 2 rings (SSSR count). The molecule has 1 atom stereocenters. The van der Waals surface area contributed by atoms with Gasteiger partial charge in [-0.25, -0.2) is 0 Å². The van der Waals surface area contributed by atoms with Crippen LogP contribution in [0.25, 0.3) is 0 Å². The van der Waals surface area contributed by atoms with Crippen LogP contribution in [0.1, 0.15) is 28.5 Å². The predicted octanol–water partition coefficient (Wildman–Crippen LogP) is 3.23. The highest BCUT2D eigenvalue weighted by Crippen LogP contribution is 2.14. The van der Waals surface area contributed by atoms with E-state index in [0.29, 0.717) is 24.5 Å². The average molecular weight is 386 g/mol. The Kier molecular flexibility index (Phi) is 10.1. The maximum Gasteiger partial charge on any atom is 0.253 e. The molecule has 1 unspecified atom stereocenters. The summed E-state index contributed by atoms with van der Waals surface area (Å²) in [4.78, 5) is 18.3. The third-order valence-electron chi connectivity index (χ3n) is 3.79. The molecule has 2 N–H and O–H groups in total. The number of nitrogens with two attached hydrogens (primary N) is 1. The summed E-state index contributed by atoms with van der Waals surface area (Å²) >= 11 is 0. The summed E-state index contributed by atoms with van der Waals surface area (Å²) < 4.78 is 5.70. The molecule has 1 aromatic carbocycles. The highest BCUT2D eigenvalue weighted by molar-refractivity contribution is 5.94. The largest absolute Gasteiger partial charge is 0.487 e. The SMILES string of the molecule is Cc1ccc(OCc2cccc(C(=O)N(C)C(C)CN)c2)cn1.Cl.Cl. The first-order valence-electron chi connectivity index (χ1n) is 7.63. The summed E-state index contributed by atoms with van der Waals surface area (Å²) in [7, 11) is 1.76. The van der Waals surface area contributed by atoms with Crippen LogP contribution < -0.4 is 10.5 Å². The molecule has 1 heterocycles. The lowest BCUT2D eigenvalue weighted by atomic mass is 10.1. The van der Waals surface area contributed by atoms with Crippen molar-refractivity contribution in [2.45, 2.75) is 26.5 Å². The Hall–Kier alpha value is -1.82. The van der Waals surface area contributed by atoms with E-state index in [-0.39, 0.29) is 36.8 Å². The molecule has 1 amide bonds. The van der Waals surface area contributed by atoms with Crippen LogP contribution >= 0.6 is 24.8 Å². The van der Waals surface area contributed by atoms with Gasteiger partial charge in [-0.1, -0.05) is 12.1 Å². The molecule has 138 valence electrons. The minimum absolute atomic E-state index is 0. The van der Waals surface area contributed by atoms with Crippen molar-refractivity contribution in [1.82, 2.24) is 9.88 Å². The van der Waals surface area contributed by atoms with E-state index in [4.69, 9.17) is 10.5 Å². The number of hydrogen-bond donors (Lipinski definition) is 1. The van der Waals surface area contributed by atoms with Gasteiger partial charge in [-0.3, -0.25) is 9.78 Å². The van der Waals surface area contributed by atoms with Gasteiger partial charge in [-0.2, -0.15) is 0 Å². The molecule has 5 nitrogen and oxygen atoms in total. The van der Waals surface area contributed by atoms with Crippen molar-refractivity contribution in [2.75, 3.05) is 13.6 Å². The predicted molar refractivity (Wildman–Crippen MR) is 105 cm³/mol. The number of nitrogens with zero attached hydrogens (tertiary/aromatic N) is 2. The number of aromatic nitrogens is 1. The molecule has 0 radical (unpaired) electrons. The maximum absolute atomic E-state index is 12.4. The molecule has 0 bridgehead atoms. The lowest BCUT2D eigenvalue weighted by molar-refractivity contribution is 0.0748. The lowest BCUT2D eigenvalue weighted by Gasteiger charge is -2.23. The average Bonchev–Trinajstić information content (AvgIpc) is 2.59. The molecule has 0 saturated carbocycles. The van der Waals surface area contributed by atoms with Gasteiger partial charge in [0, 0.05) is 30.9 Å². The second-order valence-electron chi connectivity index (χ2n) is 5.63. The van der Waals surface area contributed by atoms with E-state index in [9.17, 15) is 4.79 Å². The van der Waals surface area contributed by atoms with Gasteiger partial charge in [-0.15, -0.1) is 24.8 Å². The minimum Gasteiger partial charge on any atom is -0.487 e. The van der Waals surface area contributed by atoms with Gasteiger partial charge in [-0.05, 0) is 43.7 Å². The van der Waals surface area contributed by atoms with Crippen LogP contribution in [0.15, 0.2) is 42.6 Å².